The summed E-state index contributed by atoms with van der Waals surface area (Å²) in [5, 5.41) is 24.7. The zero-order chi connectivity index (χ0) is 17.1. The van der Waals surface area contributed by atoms with Crippen LogP contribution in [0.1, 0.15) is 12.8 Å². The quantitative estimate of drug-likeness (QED) is 0.202. The predicted octanol–water partition coefficient (Wildman–Crippen LogP) is -3.56. The van der Waals surface area contributed by atoms with Crippen molar-refractivity contribution in [1.29, 1.82) is 0 Å². The number of primary amides is 1. The second-order valence-corrected chi connectivity index (χ2v) is 4.34. The Morgan fingerprint density at radius 3 is 2.18 bits per heavy atom. The van der Waals surface area contributed by atoms with Gasteiger partial charge in [-0.15, -0.1) is 0 Å². The van der Waals surface area contributed by atoms with Crippen LogP contribution in [0, 0.1) is 0 Å². The first-order valence-corrected chi connectivity index (χ1v) is 6.48. The number of nitrogens with one attached hydrogen (secondary N) is 3. The average Bonchev–Trinajstić information content (AvgIpc) is 2.46. The van der Waals surface area contributed by atoms with Crippen molar-refractivity contribution >= 4 is 23.8 Å². The Morgan fingerprint density at radius 2 is 1.73 bits per heavy atom. The van der Waals surface area contributed by atoms with Gasteiger partial charge < -0.3 is 37.6 Å². The first-order valence-electron chi connectivity index (χ1n) is 6.48. The van der Waals surface area contributed by atoms with E-state index in [-0.39, 0.29) is 25.9 Å². The van der Waals surface area contributed by atoms with Crippen LogP contribution in [0.5, 0.6) is 0 Å². The number of nitrogens with two attached hydrogens (primary N) is 2. The lowest BCUT2D eigenvalue weighted by atomic mass is 10.1. The van der Waals surface area contributed by atoms with Crippen LogP contribution in [-0.2, 0) is 14.4 Å². The summed E-state index contributed by atoms with van der Waals surface area (Å²) in [6, 6.07) is -3.26. The Balaban J connectivity index is 4.46. The molecule has 0 rings (SSSR count). The molecule has 0 saturated carbocycles. The third-order valence-corrected chi connectivity index (χ3v) is 2.60. The molecule has 11 nitrogen and oxygen atoms in total. The number of aliphatic hydroxyl groups is 1. The van der Waals surface area contributed by atoms with E-state index in [1.54, 1.807) is 0 Å². The molecule has 0 saturated heterocycles. The second-order valence-electron chi connectivity index (χ2n) is 4.34. The highest BCUT2D eigenvalue weighted by molar-refractivity contribution is 5.90. The van der Waals surface area contributed by atoms with E-state index in [2.05, 4.69) is 16.0 Å². The van der Waals surface area contributed by atoms with Gasteiger partial charge in [-0.05, 0) is 12.8 Å². The van der Waals surface area contributed by atoms with Crippen LogP contribution >= 0.6 is 0 Å². The number of carbonyl (C=O) groups is 4. The fourth-order valence-electron chi connectivity index (χ4n) is 1.49. The summed E-state index contributed by atoms with van der Waals surface area (Å²) in [6.07, 6.45) is 0.295. The SMILES string of the molecule is NCC(=O)N[C@@H](CO)C(=O)N[C@@H](CCCNC(N)=O)C(=O)O. The molecule has 11 heteroatoms. The maximum Gasteiger partial charge on any atom is 0.326 e. The van der Waals surface area contributed by atoms with E-state index in [0.717, 1.165) is 0 Å². The average molecular weight is 319 g/mol. The van der Waals surface area contributed by atoms with Crippen LogP contribution in [0.3, 0.4) is 0 Å². The van der Waals surface area contributed by atoms with Gasteiger partial charge in [0.1, 0.15) is 12.1 Å². The largest absolute Gasteiger partial charge is 0.480 e. The number of amides is 4. The smallest absolute Gasteiger partial charge is 0.326 e. The van der Waals surface area contributed by atoms with Crippen molar-refractivity contribution in [2.24, 2.45) is 11.5 Å². The summed E-state index contributed by atoms with van der Waals surface area (Å²) < 4.78 is 0. The second kappa shape index (κ2) is 10.3. The maximum absolute atomic E-state index is 11.8. The van der Waals surface area contributed by atoms with Crippen molar-refractivity contribution in [2.75, 3.05) is 19.7 Å². The molecule has 0 bridgehead atoms. The Kier molecular flexibility index (Phi) is 9.22. The van der Waals surface area contributed by atoms with E-state index < -0.39 is 42.5 Å². The minimum absolute atomic E-state index is 0.0321. The van der Waals surface area contributed by atoms with Crippen molar-refractivity contribution in [1.82, 2.24) is 16.0 Å². The molecule has 22 heavy (non-hydrogen) atoms. The molecule has 0 fully saturated rings. The van der Waals surface area contributed by atoms with E-state index in [1.165, 1.54) is 0 Å². The van der Waals surface area contributed by atoms with Crippen molar-refractivity contribution < 1.29 is 29.4 Å². The normalized spacial score (nSPS) is 12.8. The highest BCUT2D eigenvalue weighted by Crippen LogP contribution is 1.98. The summed E-state index contributed by atoms with van der Waals surface area (Å²) in [4.78, 5) is 44.4. The number of carbonyl (C=O) groups excluding carboxylic acids is 3. The fourth-order valence-corrected chi connectivity index (χ4v) is 1.49. The minimum Gasteiger partial charge on any atom is -0.480 e. The number of carboxylic acids is 1. The van der Waals surface area contributed by atoms with Crippen LogP contribution in [0.2, 0.25) is 0 Å². The Morgan fingerprint density at radius 1 is 1.09 bits per heavy atom. The van der Waals surface area contributed by atoms with Crippen molar-refractivity contribution in [3.05, 3.63) is 0 Å². The molecule has 0 aliphatic rings. The zero-order valence-electron chi connectivity index (χ0n) is 11.9. The summed E-state index contributed by atoms with van der Waals surface area (Å²) in [7, 11) is 0. The van der Waals surface area contributed by atoms with Gasteiger partial charge in [0.15, 0.2) is 0 Å². The van der Waals surface area contributed by atoms with Gasteiger partial charge in [-0.2, -0.15) is 0 Å². The first kappa shape index (κ1) is 19.6. The zero-order valence-corrected chi connectivity index (χ0v) is 11.9. The van der Waals surface area contributed by atoms with Crippen molar-refractivity contribution in [3.8, 4) is 0 Å². The molecule has 0 aromatic carbocycles. The standard InChI is InChI=1S/C11H21N5O6/c12-4-8(18)15-7(5-17)9(19)16-6(10(20)21)2-1-3-14-11(13)22/h6-7,17H,1-5,12H2,(H,15,18)(H,16,19)(H,20,21)(H3,13,14,22)/t6-,7-/m0/s1. The van der Waals surface area contributed by atoms with Gasteiger partial charge >= 0.3 is 12.0 Å². The molecule has 0 heterocycles. The topological polar surface area (TPSA) is 197 Å². The summed E-state index contributed by atoms with van der Waals surface area (Å²) in [6.45, 7) is -0.916. The molecule has 126 valence electrons. The summed E-state index contributed by atoms with van der Waals surface area (Å²) >= 11 is 0. The van der Waals surface area contributed by atoms with Gasteiger partial charge in [0.2, 0.25) is 11.8 Å². The van der Waals surface area contributed by atoms with Gasteiger partial charge in [-0.3, -0.25) is 9.59 Å². The van der Waals surface area contributed by atoms with Crippen molar-refractivity contribution in [3.63, 3.8) is 0 Å². The number of aliphatic hydroxyl groups excluding tert-OH is 1. The lowest BCUT2D eigenvalue weighted by Crippen LogP contribution is -2.54. The van der Waals surface area contributed by atoms with Crippen LogP contribution < -0.4 is 27.4 Å². The first-order chi connectivity index (χ1) is 10.3. The Bertz CT molecular complexity index is 416. The number of hydrogen-bond acceptors (Lipinski definition) is 6. The molecular weight excluding hydrogens is 298 g/mol. The molecule has 0 spiro atoms. The molecule has 0 aromatic rings. The molecule has 0 aromatic heterocycles. The summed E-state index contributed by atoms with van der Waals surface area (Å²) in [5.41, 5.74) is 9.92. The monoisotopic (exact) mass is 319 g/mol. The van der Waals surface area contributed by atoms with Crippen molar-refractivity contribution in [2.45, 2.75) is 24.9 Å². The van der Waals surface area contributed by atoms with E-state index in [9.17, 15) is 19.2 Å². The lowest BCUT2D eigenvalue weighted by molar-refractivity contribution is -0.142. The number of urea groups is 1. The fraction of sp³-hybridized carbons (Fsp3) is 0.636. The van der Waals surface area contributed by atoms with E-state index in [1.807, 2.05) is 0 Å². The number of rotatable bonds is 10. The Hall–Kier alpha value is -2.40. The number of carboxylic acid groups (broad SMARTS) is 1. The minimum atomic E-state index is -1.29. The molecule has 9 N–H and O–H groups in total. The molecule has 0 unspecified atom stereocenters. The van der Waals surface area contributed by atoms with Crippen LogP contribution in [-0.4, -0.2) is 65.8 Å². The molecule has 2 atom stereocenters. The lowest BCUT2D eigenvalue weighted by Gasteiger charge is -2.19. The predicted molar refractivity (Wildman–Crippen MR) is 74.5 cm³/mol. The molecule has 0 aliphatic heterocycles. The molecule has 4 amide bonds. The van der Waals surface area contributed by atoms with E-state index in [0.29, 0.717) is 0 Å². The highest BCUT2D eigenvalue weighted by Gasteiger charge is 2.25. The van der Waals surface area contributed by atoms with Gasteiger partial charge in [0.05, 0.1) is 13.2 Å². The van der Waals surface area contributed by atoms with Crippen LogP contribution in [0.4, 0.5) is 4.79 Å². The van der Waals surface area contributed by atoms with Crippen LogP contribution in [0.15, 0.2) is 0 Å². The van der Waals surface area contributed by atoms with E-state index >= 15 is 0 Å². The summed E-state index contributed by atoms with van der Waals surface area (Å²) in [5.74, 6) is -2.79. The van der Waals surface area contributed by atoms with Gasteiger partial charge in [0, 0.05) is 6.54 Å². The molecule has 0 radical (unpaired) electrons. The van der Waals surface area contributed by atoms with Gasteiger partial charge in [-0.1, -0.05) is 0 Å². The highest BCUT2D eigenvalue weighted by atomic mass is 16.4. The number of aliphatic carboxylic acids is 1. The number of hydrogen-bond donors (Lipinski definition) is 7. The van der Waals surface area contributed by atoms with Gasteiger partial charge in [-0.25, -0.2) is 9.59 Å². The Labute approximate surface area is 126 Å². The van der Waals surface area contributed by atoms with E-state index in [4.69, 9.17) is 21.7 Å². The molecular formula is C11H21N5O6. The third-order valence-electron chi connectivity index (χ3n) is 2.60. The third kappa shape index (κ3) is 8.01. The molecule has 0 aliphatic carbocycles. The maximum atomic E-state index is 11.8. The van der Waals surface area contributed by atoms with Gasteiger partial charge in [0.25, 0.3) is 0 Å². The van der Waals surface area contributed by atoms with Crippen LogP contribution in [0.25, 0.3) is 0 Å².